The molecule has 0 fully saturated rings. The Morgan fingerprint density at radius 2 is 2.20 bits per heavy atom. The van der Waals surface area contributed by atoms with Crippen molar-refractivity contribution in [3.8, 4) is 5.75 Å². The fourth-order valence-corrected chi connectivity index (χ4v) is 3.79. The summed E-state index contributed by atoms with van der Waals surface area (Å²) >= 11 is 0. The van der Waals surface area contributed by atoms with E-state index in [0.29, 0.717) is 43.6 Å². The molecule has 158 valence electrons. The Labute approximate surface area is 175 Å². The van der Waals surface area contributed by atoms with Crippen molar-refractivity contribution in [2.75, 3.05) is 20.2 Å². The molecule has 0 aliphatic carbocycles. The molecule has 30 heavy (non-hydrogen) atoms. The van der Waals surface area contributed by atoms with Crippen LogP contribution < -0.4 is 10.1 Å². The van der Waals surface area contributed by atoms with Gasteiger partial charge in [-0.2, -0.15) is 10.1 Å². The third-order valence-corrected chi connectivity index (χ3v) is 5.17. The minimum atomic E-state index is -0.143. The monoisotopic (exact) mass is 410 g/mol. The molecule has 0 unspecified atom stereocenters. The van der Waals surface area contributed by atoms with Crippen molar-refractivity contribution in [2.45, 2.75) is 39.9 Å². The number of carbonyl (C=O) groups is 1. The van der Waals surface area contributed by atoms with Gasteiger partial charge in [-0.05, 0) is 24.6 Å². The minimum absolute atomic E-state index is 0.143. The zero-order valence-electron chi connectivity index (χ0n) is 17.5. The van der Waals surface area contributed by atoms with Gasteiger partial charge < -0.3 is 14.6 Å². The molecule has 3 aromatic rings. The van der Waals surface area contributed by atoms with E-state index in [1.807, 2.05) is 35.9 Å². The van der Waals surface area contributed by atoms with Crippen LogP contribution in [0.4, 0.5) is 0 Å². The number of aromatic nitrogens is 4. The molecule has 1 amide bonds. The number of benzene rings is 1. The quantitative estimate of drug-likeness (QED) is 0.635. The Kier molecular flexibility index (Phi) is 5.80. The molecular weight excluding hydrogens is 384 g/mol. The molecule has 0 saturated heterocycles. The number of hydrogen-bond acceptors (Lipinski definition) is 7. The highest BCUT2D eigenvalue weighted by Gasteiger charge is 2.28. The van der Waals surface area contributed by atoms with Gasteiger partial charge in [0.25, 0.3) is 5.91 Å². The van der Waals surface area contributed by atoms with Crippen molar-refractivity contribution in [3.63, 3.8) is 0 Å². The van der Waals surface area contributed by atoms with E-state index in [1.54, 1.807) is 14.0 Å². The molecule has 2 aromatic heterocycles. The van der Waals surface area contributed by atoms with E-state index < -0.39 is 0 Å². The number of methoxy groups -OCH3 is 1. The number of carbonyl (C=O) groups excluding carboxylic acids is 1. The smallest absolute Gasteiger partial charge is 0.272 e. The van der Waals surface area contributed by atoms with E-state index in [2.05, 4.69) is 20.4 Å². The topological polar surface area (TPSA) is 98.3 Å². The maximum Gasteiger partial charge on any atom is 0.272 e. The van der Waals surface area contributed by atoms with Crippen molar-refractivity contribution in [3.05, 3.63) is 58.5 Å². The zero-order valence-corrected chi connectivity index (χ0v) is 17.5. The van der Waals surface area contributed by atoms with Gasteiger partial charge >= 0.3 is 0 Å². The first-order valence-electron chi connectivity index (χ1n) is 10.1. The summed E-state index contributed by atoms with van der Waals surface area (Å²) in [5.41, 5.74) is 3.63. The Morgan fingerprint density at radius 3 is 2.93 bits per heavy atom. The highest BCUT2D eigenvalue weighted by molar-refractivity contribution is 5.94. The van der Waals surface area contributed by atoms with Gasteiger partial charge in [0.05, 0.1) is 20.2 Å². The molecule has 1 aliphatic rings. The molecule has 9 heteroatoms. The second kappa shape index (κ2) is 8.66. The van der Waals surface area contributed by atoms with Gasteiger partial charge in [-0.3, -0.25) is 14.4 Å². The number of amides is 1. The van der Waals surface area contributed by atoms with Gasteiger partial charge in [0.1, 0.15) is 5.75 Å². The zero-order chi connectivity index (χ0) is 21.1. The molecule has 3 heterocycles. The Hall–Kier alpha value is -3.20. The second-order valence-corrected chi connectivity index (χ2v) is 7.33. The predicted molar refractivity (Wildman–Crippen MR) is 109 cm³/mol. The van der Waals surface area contributed by atoms with Crippen molar-refractivity contribution in [2.24, 2.45) is 0 Å². The third kappa shape index (κ3) is 4.20. The molecule has 0 saturated carbocycles. The Bertz CT molecular complexity index is 1040. The summed E-state index contributed by atoms with van der Waals surface area (Å²) in [6.07, 6.45) is 0.794. The van der Waals surface area contributed by atoms with Crippen LogP contribution in [0.2, 0.25) is 0 Å². The van der Waals surface area contributed by atoms with Crippen molar-refractivity contribution >= 4 is 5.91 Å². The maximum atomic E-state index is 12.7. The highest BCUT2D eigenvalue weighted by Crippen LogP contribution is 2.25. The first-order valence-corrected chi connectivity index (χ1v) is 10.1. The molecule has 4 rings (SSSR count). The summed E-state index contributed by atoms with van der Waals surface area (Å²) < 4.78 is 12.4. The van der Waals surface area contributed by atoms with Crippen LogP contribution >= 0.6 is 0 Å². The van der Waals surface area contributed by atoms with Crippen LogP contribution in [0.3, 0.4) is 0 Å². The van der Waals surface area contributed by atoms with Crippen LogP contribution in [0.1, 0.15) is 45.9 Å². The Morgan fingerprint density at radius 1 is 1.33 bits per heavy atom. The third-order valence-electron chi connectivity index (χ3n) is 5.17. The molecule has 9 nitrogen and oxygen atoms in total. The Balaban J connectivity index is 1.61. The molecule has 0 spiro atoms. The van der Waals surface area contributed by atoms with Gasteiger partial charge in [0.15, 0.2) is 11.5 Å². The molecule has 0 atom stereocenters. The first kappa shape index (κ1) is 20.1. The van der Waals surface area contributed by atoms with E-state index in [4.69, 9.17) is 14.4 Å². The van der Waals surface area contributed by atoms with Crippen molar-refractivity contribution in [1.29, 1.82) is 0 Å². The lowest BCUT2D eigenvalue weighted by Crippen LogP contribution is -2.32. The van der Waals surface area contributed by atoms with Crippen LogP contribution in [0, 0.1) is 6.92 Å². The second-order valence-electron chi connectivity index (χ2n) is 7.33. The standard InChI is InChI=1S/C21H26N6O3/c1-4-22-21(28)20-17-12-26(13-19-23-14(2)30-25-19)9-8-18(17)27(24-20)11-15-6-5-7-16(10-15)29-3/h5-7,10H,4,8-9,11-13H2,1-3H3,(H,22,28). The minimum Gasteiger partial charge on any atom is -0.497 e. The van der Waals surface area contributed by atoms with Gasteiger partial charge in [0, 0.05) is 44.2 Å². The molecule has 1 N–H and O–H groups in total. The number of nitrogens with one attached hydrogen (secondary N) is 1. The predicted octanol–water partition coefficient (Wildman–Crippen LogP) is 1.94. The molecule has 0 bridgehead atoms. The van der Waals surface area contributed by atoms with E-state index in [0.717, 1.165) is 35.5 Å². The van der Waals surface area contributed by atoms with Crippen LogP contribution in [-0.2, 0) is 26.1 Å². The van der Waals surface area contributed by atoms with Gasteiger partial charge in [-0.25, -0.2) is 0 Å². The summed E-state index contributed by atoms with van der Waals surface area (Å²) in [5.74, 6) is 1.87. The van der Waals surface area contributed by atoms with Crippen LogP contribution in [0.5, 0.6) is 5.75 Å². The largest absolute Gasteiger partial charge is 0.497 e. The summed E-state index contributed by atoms with van der Waals surface area (Å²) in [7, 11) is 1.65. The molecular formula is C21H26N6O3. The number of aryl methyl sites for hydroxylation is 1. The SMILES string of the molecule is CCNC(=O)c1nn(Cc2cccc(OC)c2)c2c1CN(Cc1noc(C)n1)CC2. The van der Waals surface area contributed by atoms with Crippen LogP contribution in [0.15, 0.2) is 28.8 Å². The molecule has 1 aliphatic heterocycles. The van der Waals surface area contributed by atoms with Gasteiger partial charge in [-0.1, -0.05) is 17.3 Å². The average molecular weight is 410 g/mol. The lowest BCUT2D eigenvalue weighted by molar-refractivity contribution is 0.0947. The van der Waals surface area contributed by atoms with Crippen molar-refractivity contribution < 1.29 is 14.1 Å². The first-order chi connectivity index (χ1) is 14.6. The summed E-state index contributed by atoms with van der Waals surface area (Å²) in [5, 5.41) is 11.6. The van der Waals surface area contributed by atoms with E-state index in [9.17, 15) is 4.79 Å². The number of nitrogens with zero attached hydrogens (tertiary/aromatic N) is 5. The fraction of sp³-hybridized carbons (Fsp3) is 0.429. The van der Waals surface area contributed by atoms with Crippen LogP contribution in [-0.4, -0.2) is 50.9 Å². The van der Waals surface area contributed by atoms with Gasteiger partial charge in [-0.15, -0.1) is 0 Å². The van der Waals surface area contributed by atoms with Gasteiger partial charge in [0.2, 0.25) is 5.89 Å². The highest BCUT2D eigenvalue weighted by atomic mass is 16.5. The number of hydrogen-bond donors (Lipinski definition) is 1. The lowest BCUT2D eigenvalue weighted by Gasteiger charge is -2.26. The summed E-state index contributed by atoms with van der Waals surface area (Å²) in [4.78, 5) is 19.2. The normalized spacial score (nSPS) is 13.8. The van der Waals surface area contributed by atoms with Crippen LogP contribution in [0.25, 0.3) is 0 Å². The summed E-state index contributed by atoms with van der Waals surface area (Å²) in [6, 6.07) is 7.91. The number of rotatable bonds is 7. The molecule has 1 aromatic carbocycles. The van der Waals surface area contributed by atoms with Crippen molar-refractivity contribution in [1.82, 2.24) is 30.1 Å². The van der Waals surface area contributed by atoms with E-state index >= 15 is 0 Å². The number of fused-ring (bicyclic) bond motifs is 1. The number of ether oxygens (including phenoxy) is 1. The maximum absolute atomic E-state index is 12.7. The lowest BCUT2D eigenvalue weighted by atomic mass is 10.0. The van der Waals surface area contributed by atoms with E-state index in [1.165, 1.54) is 0 Å². The summed E-state index contributed by atoms with van der Waals surface area (Å²) in [6.45, 7) is 6.85. The van der Waals surface area contributed by atoms with E-state index in [-0.39, 0.29) is 5.91 Å². The fourth-order valence-electron chi connectivity index (χ4n) is 3.79. The molecule has 0 radical (unpaired) electrons. The average Bonchev–Trinajstić information content (AvgIpc) is 3.31.